The number of fused-ring (bicyclic) bond motifs is 2. The summed E-state index contributed by atoms with van der Waals surface area (Å²) < 4.78 is 0. The number of hydrogen-bond donors (Lipinski definition) is 0. The van der Waals surface area contributed by atoms with Crippen molar-refractivity contribution >= 4 is 38.6 Å². The average Bonchev–Trinajstić information content (AvgIpc) is 3.21. The Hall–Kier alpha value is -6.70. The smallest absolute Gasteiger partial charge is 0.0468 e. The molecule has 0 spiro atoms. The first-order chi connectivity index (χ1) is 25.3. The van der Waals surface area contributed by atoms with Crippen molar-refractivity contribution in [1.82, 2.24) is 0 Å². The average molecular weight is 650 g/mol. The molecule has 9 rings (SSSR count). The molecular formula is C50H35N. The van der Waals surface area contributed by atoms with E-state index in [1.807, 2.05) is 0 Å². The van der Waals surface area contributed by atoms with Crippen molar-refractivity contribution < 1.29 is 0 Å². The maximum Gasteiger partial charge on any atom is 0.0468 e. The quantitative estimate of drug-likeness (QED) is 0.166. The van der Waals surface area contributed by atoms with Crippen LogP contribution in [0.1, 0.15) is 0 Å². The highest BCUT2D eigenvalue weighted by molar-refractivity contribution is 6.03. The molecule has 0 aliphatic carbocycles. The van der Waals surface area contributed by atoms with E-state index in [2.05, 4.69) is 217 Å². The van der Waals surface area contributed by atoms with Gasteiger partial charge in [0, 0.05) is 17.1 Å². The van der Waals surface area contributed by atoms with Gasteiger partial charge in [0.2, 0.25) is 0 Å². The van der Waals surface area contributed by atoms with Crippen LogP contribution < -0.4 is 4.90 Å². The lowest BCUT2D eigenvalue weighted by atomic mass is 9.90. The number of benzene rings is 9. The van der Waals surface area contributed by atoms with E-state index in [0.29, 0.717) is 0 Å². The van der Waals surface area contributed by atoms with E-state index in [1.54, 1.807) is 0 Å². The van der Waals surface area contributed by atoms with Gasteiger partial charge in [-0.3, -0.25) is 0 Å². The molecule has 0 heterocycles. The molecule has 0 unspecified atom stereocenters. The van der Waals surface area contributed by atoms with Gasteiger partial charge in [-0.2, -0.15) is 0 Å². The standard InChI is InChI=1S/C50H35N/c1-4-16-38(17-5-1)49-34-41(30-32-47(49)45-28-14-22-36-20-10-12-26-43(36)45)51(40-24-8-3-9-25-40)42-31-33-48(50(35-42)39-18-6-2-7-19-39)46-29-15-23-37-21-11-13-27-44(37)46/h1-35H. The van der Waals surface area contributed by atoms with Crippen molar-refractivity contribution in [3.8, 4) is 44.5 Å². The van der Waals surface area contributed by atoms with E-state index < -0.39 is 0 Å². The Balaban J connectivity index is 1.27. The van der Waals surface area contributed by atoms with Crippen LogP contribution in [0.5, 0.6) is 0 Å². The molecule has 0 atom stereocenters. The van der Waals surface area contributed by atoms with Crippen molar-refractivity contribution in [2.45, 2.75) is 0 Å². The molecule has 0 radical (unpaired) electrons. The lowest BCUT2D eigenvalue weighted by Crippen LogP contribution is -2.10. The van der Waals surface area contributed by atoms with Gasteiger partial charge in [0.15, 0.2) is 0 Å². The number of rotatable bonds is 7. The van der Waals surface area contributed by atoms with Gasteiger partial charge in [0.25, 0.3) is 0 Å². The molecule has 0 saturated heterocycles. The van der Waals surface area contributed by atoms with Gasteiger partial charge in [-0.05, 0) is 102 Å². The largest absolute Gasteiger partial charge is 0.310 e. The van der Waals surface area contributed by atoms with Gasteiger partial charge in [0.05, 0.1) is 0 Å². The molecule has 240 valence electrons. The molecule has 0 fully saturated rings. The second kappa shape index (κ2) is 13.3. The molecule has 0 bridgehead atoms. The lowest BCUT2D eigenvalue weighted by molar-refractivity contribution is 1.28. The molecule has 0 aliphatic rings. The topological polar surface area (TPSA) is 3.24 Å². The fourth-order valence-electron chi connectivity index (χ4n) is 7.47. The molecule has 0 saturated carbocycles. The predicted octanol–water partition coefficient (Wildman–Crippen LogP) is 14.1. The van der Waals surface area contributed by atoms with Crippen molar-refractivity contribution in [2.75, 3.05) is 4.90 Å². The zero-order chi connectivity index (χ0) is 34.0. The summed E-state index contributed by atoms with van der Waals surface area (Å²) >= 11 is 0. The van der Waals surface area contributed by atoms with Crippen LogP contribution in [0.4, 0.5) is 17.1 Å². The summed E-state index contributed by atoms with van der Waals surface area (Å²) in [5.74, 6) is 0. The van der Waals surface area contributed by atoms with Crippen LogP contribution in [0, 0.1) is 0 Å². The minimum Gasteiger partial charge on any atom is -0.310 e. The molecule has 0 aliphatic heterocycles. The molecule has 0 N–H and O–H groups in total. The zero-order valence-electron chi connectivity index (χ0n) is 28.2. The second-order valence-electron chi connectivity index (χ2n) is 12.9. The molecule has 1 nitrogen and oxygen atoms in total. The molecular weight excluding hydrogens is 615 g/mol. The van der Waals surface area contributed by atoms with E-state index >= 15 is 0 Å². The van der Waals surface area contributed by atoms with Gasteiger partial charge >= 0.3 is 0 Å². The van der Waals surface area contributed by atoms with E-state index in [-0.39, 0.29) is 0 Å². The summed E-state index contributed by atoms with van der Waals surface area (Å²) in [6.45, 7) is 0. The van der Waals surface area contributed by atoms with E-state index in [4.69, 9.17) is 0 Å². The minimum absolute atomic E-state index is 1.10. The van der Waals surface area contributed by atoms with Gasteiger partial charge in [0.1, 0.15) is 0 Å². The molecule has 51 heavy (non-hydrogen) atoms. The Labute approximate surface area is 299 Å². The van der Waals surface area contributed by atoms with Crippen molar-refractivity contribution in [2.24, 2.45) is 0 Å². The van der Waals surface area contributed by atoms with Crippen molar-refractivity contribution in [3.63, 3.8) is 0 Å². The van der Waals surface area contributed by atoms with Gasteiger partial charge < -0.3 is 4.90 Å². The van der Waals surface area contributed by atoms with Gasteiger partial charge in [-0.1, -0.05) is 176 Å². The number of hydrogen-bond acceptors (Lipinski definition) is 1. The molecule has 9 aromatic carbocycles. The van der Waals surface area contributed by atoms with Gasteiger partial charge in [-0.15, -0.1) is 0 Å². The third-order valence-corrected chi connectivity index (χ3v) is 9.87. The number of anilines is 3. The Morgan fingerprint density at radius 2 is 0.627 bits per heavy atom. The summed E-state index contributed by atoms with van der Waals surface area (Å²) in [4.78, 5) is 2.39. The van der Waals surface area contributed by atoms with Crippen LogP contribution >= 0.6 is 0 Å². The highest BCUT2D eigenvalue weighted by Crippen LogP contribution is 2.45. The van der Waals surface area contributed by atoms with E-state index in [0.717, 1.165) is 17.1 Å². The van der Waals surface area contributed by atoms with Crippen LogP contribution in [0.3, 0.4) is 0 Å². The third kappa shape index (κ3) is 5.75. The second-order valence-corrected chi connectivity index (χ2v) is 12.9. The Morgan fingerprint density at radius 3 is 1.10 bits per heavy atom. The van der Waals surface area contributed by atoms with E-state index in [9.17, 15) is 0 Å². The Morgan fingerprint density at radius 1 is 0.235 bits per heavy atom. The summed E-state index contributed by atoms with van der Waals surface area (Å²) in [5.41, 5.74) is 13.0. The predicted molar refractivity (Wildman–Crippen MR) is 218 cm³/mol. The summed E-state index contributed by atoms with van der Waals surface area (Å²) in [6.07, 6.45) is 0. The maximum absolute atomic E-state index is 2.39. The molecule has 0 amide bonds. The fraction of sp³-hybridized carbons (Fsp3) is 0. The minimum atomic E-state index is 1.10. The first-order valence-electron chi connectivity index (χ1n) is 17.5. The zero-order valence-corrected chi connectivity index (χ0v) is 28.2. The van der Waals surface area contributed by atoms with Crippen LogP contribution in [0.15, 0.2) is 212 Å². The molecule has 9 aromatic rings. The van der Waals surface area contributed by atoms with Crippen molar-refractivity contribution in [3.05, 3.63) is 212 Å². The highest BCUT2D eigenvalue weighted by Gasteiger charge is 2.19. The number of nitrogens with zero attached hydrogens (tertiary/aromatic N) is 1. The molecule has 0 aromatic heterocycles. The van der Waals surface area contributed by atoms with Gasteiger partial charge in [-0.25, -0.2) is 0 Å². The van der Waals surface area contributed by atoms with Crippen LogP contribution in [0.2, 0.25) is 0 Å². The Kier molecular flexibility index (Phi) is 7.92. The maximum atomic E-state index is 2.39. The van der Waals surface area contributed by atoms with Crippen molar-refractivity contribution in [1.29, 1.82) is 0 Å². The first-order valence-corrected chi connectivity index (χ1v) is 17.5. The van der Waals surface area contributed by atoms with E-state index in [1.165, 1.54) is 66.1 Å². The fourth-order valence-corrected chi connectivity index (χ4v) is 7.47. The summed E-state index contributed by atoms with van der Waals surface area (Å²) in [5, 5.41) is 4.98. The summed E-state index contributed by atoms with van der Waals surface area (Å²) in [6, 6.07) is 76.7. The SMILES string of the molecule is c1ccc(-c2cc(N(c3ccccc3)c3ccc(-c4cccc5ccccc45)c(-c4ccccc4)c3)ccc2-c2cccc3ccccc23)cc1. The lowest BCUT2D eigenvalue weighted by Gasteiger charge is -2.28. The van der Waals surface area contributed by atoms with Crippen LogP contribution in [-0.2, 0) is 0 Å². The monoisotopic (exact) mass is 649 g/mol. The molecule has 1 heteroatoms. The summed E-state index contributed by atoms with van der Waals surface area (Å²) in [7, 11) is 0. The van der Waals surface area contributed by atoms with Crippen LogP contribution in [-0.4, -0.2) is 0 Å². The number of para-hydroxylation sites is 1. The van der Waals surface area contributed by atoms with Crippen LogP contribution in [0.25, 0.3) is 66.1 Å². The highest BCUT2D eigenvalue weighted by atomic mass is 15.1. The Bertz CT molecular complexity index is 2450. The first kappa shape index (κ1) is 30.4. The normalized spacial score (nSPS) is 11.1. The third-order valence-electron chi connectivity index (χ3n) is 9.87.